The molecule has 4 nitrogen and oxygen atoms in total. The van der Waals surface area contributed by atoms with E-state index in [1.165, 1.54) is 0 Å². The van der Waals surface area contributed by atoms with E-state index in [9.17, 15) is 4.79 Å². The molecule has 0 amide bonds. The lowest BCUT2D eigenvalue weighted by atomic mass is 9.94. The SMILES string of the molecule is C=C1/C=C(/C(=O)OCC)N(CC#N)CC2CCC1C2. The highest BCUT2D eigenvalue weighted by Crippen LogP contribution is 2.38. The lowest BCUT2D eigenvalue weighted by Crippen LogP contribution is -2.34. The molecule has 4 heteroatoms. The molecule has 1 fully saturated rings. The van der Waals surface area contributed by atoms with Crippen molar-refractivity contribution >= 4 is 5.97 Å². The lowest BCUT2D eigenvalue weighted by Gasteiger charge is -2.29. The zero-order chi connectivity index (χ0) is 13.8. The van der Waals surface area contributed by atoms with E-state index in [2.05, 4.69) is 12.6 Å². The summed E-state index contributed by atoms with van der Waals surface area (Å²) in [6, 6.07) is 2.13. The summed E-state index contributed by atoms with van der Waals surface area (Å²) in [5, 5.41) is 8.95. The topological polar surface area (TPSA) is 53.3 Å². The molecule has 2 atom stereocenters. The number of ether oxygens (including phenoxy) is 1. The van der Waals surface area contributed by atoms with Crippen LogP contribution in [0, 0.1) is 23.2 Å². The van der Waals surface area contributed by atoms with E-state index in [0.29, 0.717) is 24.1 Å². The minimum absolute atomic E-state index is 0.221. The van der Waals surface area contributed by atoms with Gasteiger partial charge in [0.1, 0.15) is 12.2 Å². The Hall–Kier alpha value is -1.76. The Labute approximate surface area is 114 Å². The molecule has 0 aromatic carbocycles. The van der Waals surface area contributed by atoms with Crippen LogP contribution in [-0.4, -0.2) is 30.6 Å². The van der Waals surface area contributed by atoms with Crippen molar-refractivity contribution in [1.82, 2.24) is 4.90 Å². The van der Waals surface area contributed by atoms with Gasteiger partial charge in [0.25, 0.3) is 0 Å². The third-order valence-corrected chi connectivity index (χ3v) is 3.95. The largest absolute Gasteiger partial charge is 0.461 e. The first-order valence-electron chi connectivity index (χ1n) is 6.85. The van der Waals surface area contributed by atoms with Crippen LogP contribution in [0.25, 0.3) is 0 Å². The van der Waals surface area contributed by atoms with E-state index in [1.807, 2.05) is 11.0 Å². The number of hydrogen-bond donors (Lipinski definition) is 0. The van der Waals surface area contributed by atoms with E-state index < -0.39 is 0 Å². The van der Waals surface area contributed by atoms with Gasteiger partial charge in [0, 0.05) is 6.54 Å². The van der Waals surface area contributed by atoms with Crippen LogP contribution in [0.2, 0.25) is 0 Å². The molecule has 2 aliphatic rings. The van der Waals surface area contributed by atoms with Gasteiger partial charge in [-0.15, -0.1) is 0 Å². The zero-order valence-corrected chi connectivity index (χ0v) is 11.4. The fraction of sp³-hybridized carbons (Fsp3) is 0.600. The maximum absolute atomic E-state index is 12.0. The molecule has 2 rings (SSSR count). The number of nitrogens with zero attached hydrogens (tertiary/aromatic N) is 2. The number of allylic oxidation sites excluding steroid dienone is 2. The lowest BCUT2D eigenvalue weighted by molar-refractivity contribution is -0.140. The van der Waals surface area contributed by atoms with Crippen molar-refractivity contribution in [3.05, 3.63) is 23.9 Å². The van der Waals surface area contributed by atoms with E-state index in [4.69, 9.17) is 10.00 Å². The second-order valence-corrected chi connectivity index (χ2v) is 5.24. The van der Waals surface area contributed by atoms with Gasteiger partial charge >= 0.3 is 5.97 Å². The maximum Gasteiger partial charge on any atom is 0.354 e. The molecule has 1 heterocycles. The Kier molecular flexibility index (Phi) is 4.26. The molecular weight excluding hydrogens is 240 g/mol. The van der Waals surface area contributed by atoms with Gasteiger partial charge in [-0.05, 0) is 49.7 Å². The highest BCUT2D eigenvalue weighted by Gasteiger charge is 2.32. The summed E-state index contributed by atoms with van der Waals surface area (Å²) in [6.07, 6.45) is 5.22. The molecule has 0 radical (unpaired) electrons. The molecule has 1 saturated carbocycles. The highest BCUT2D eigenvalue weighted by atomic mass is 16.5. The molecule has 0 spiro atoms. The van der Waals surface area contributed by atoms with Gasteiger partial charge < -0.3 is 9.64 Å². The third kappa shape index (κ3) is 2.98. The number of nitriles is 1. The zero-order valence-electron chi connectivity index (χ0n) is 11.4. The second-order valence-electron chi connectivity index (χ2n) is 5.24. The number of rotatable bonds is 3. The molecule has 19 heavy (non-hydrogen) atoms. The van der Waals surface area contributed by atoms with E-state index in [1.54, 1.807) is 6.92 Å². The van der Waals surface area contributed by atoms with Crippen LogP contribution < -0.4 is 0 Å². The van der Waals surface area contributed by atoms with E-state index in [0.717, 1.165) is 31.4 Å². The molecule has 102 valence electrons. The minimum Gasteiger partial charge on any atom is -0.461 e. The average molecular weight is 260 g/mol. The summed E-state index contributed by atoms with van der Waals surface area (Å²) in [4.78, 5) is 13.9. The number of carbonyl (C=O) groups excluding carboxylic acids is 1. The standard InChI is InChI=1S/C15H20N2O2/c1-3-19-15(18)14-8-11(2)13-5-4-12(9-13)10-17(14)7-6-16/h8,12-13H,2-5,7,9-10H2,1H3/b14-8-. The molecule has 1 aliphatic heterocycles. The summed E-state index contributed by atoms with van der Waals surface area (Å²) in [7, 11) is 0. The van der Waals surface area contributed by atoms with Crippen molar-refractivity contribution in [2.45, 2.75) is 26.2 Å². The van der Waals surface area contributed by atoms with Gasteiger partial charge in [-0.2, -0.15) is 5.26 Å². The summed E-state index contributed by atoms with van der Waals surface area (Å²) in [6.45, 7) is 7.20. The first kappa shape index (κ1) is 13.7. The molecule has 0 N–H and O–H groups in total. The van der Waals surface area contributed by atoms with Gasteiger partial charge in [0.2, 0.25) is 0 Å². The monoisotopic (exact) mass is 260 g/mol. The van der Waals surface area contributed by atoms with Gasteiger partial charge in [-0.1, -0.05) is 6.58 Å². The van der Waals surface area contributed by atoms with E-state index >= 15 is 0 Å². The van der Waals surface area contributed by atoms with Gasteiger partial charge in [0.15, 0.2) is 0 Å². The summed E-state index contributed by atoms with van der Waals surface area (Å²) in [5.41, 5.74) is 1.48. The maximum atomic E-state index is 12.0. The summed E-state index contributed by atoms with van der Waals surface area (Å²) < 4.78 is 5.09. The van der Waals surface area contributed by atoms with Crippen molar-refractivity contribution in [1.29, 1.82) is 5.26 Å². The van der Waals surface area contributed by atoms with Crippen molar-refractivity contribution in [2.24, 2.45) is 11.8 Å². The number of hydrogen-bond acceptors (Lipinski definition) is 4. The third-order valence-electron chi connectivity index (χ3n) is 3.95. The van der Waals surface area contributed by atoms with Crippen molar-refractivity contribution in [3.8, 4) is 6.07 Å². The van der Waals surface area contributed by atoms with Gasteiger partial charge in [0.05, 0.1) is 12.7 Å². The van der Waals surface area contributed by atoms with Crippen LogP contribution in [0.4, 0.5) is 0 Å². The van der Waals surface area contributed by atoms with Gasteiger partial charge in [-0.25, -0.2) is 4.79 Å². The molecular formula is C15H20N2O2. The quantitative estimate of drug-likeness (QED) is 0.577. The fourth-order valence-electron chi connectivity index (χ4n) is 3.00. The fourth-order valence-corrected chi connectivity index (χ4v) is 3.00. The Morgan fingerprint density at radius 3 is 3.11 bits per heavy atom. The van der Waals surface area contributed by atoms with Gasteiger partial charge in [-0.3, -0.25) is 0 Å². The Morgan fingerprint density at radius 1 is 1.63 bits per heavy atom. The second kappa shape index (κ2) is 5.92. The number of carbonyl (C=O) groups is 1. The van der Waals surface area contributed by atoms with Crippen LogP contribution in [0.5, 0.6) is 0 Å². The predicted octanol–water partition coefficient (Wildman–Crippen LogP) is 2.25. The van der Waals surface area contributed by atoms with Crippen molar-refractivity contribution in [3.63, 3.8) is 0 Å². The highest BCUT2D eigenvalue weighted by molar-refractivity contribution is 5.88. The van der Waals surface area contributed by atoms with Crippen molar-refractivity contribution < 1.29 is 9.53 Å². The molecule has 0 saturated heterocycles. The summed E-state index contributed by atoms with van der Waals surface area (Å²) in [5.74, 6) is 0.687. The predicted molar refractivity (Wildman–Crippen MR) is 71.9 cm³/mol. The van der Waals surface area contributed by atoms with Crippen LogP contribution in [-0.2, 0) is 9.53 Å². The molecule has 2 unspecified atom stereocenters. The minimum atomic E-state index is -0.347. The molecule has 0 aromatic heterocycles. The Balaban J connectivity index is 2.29. The number of esters is 1. The summed E-state index contributed by atoms with van der Waals surface area (Å²) >= 11 is 0. The molecule has 2 bridgehead atoms. The average Bonchev–Trinajstić information content (AvgIpc) is 2.84. The first-order valence-corrected chi connectivity index (χ1v) is 6.85. The Morgan fingerprint density at radius 2 is 2.42 bits per heavy atom. The van der Waals surface area contributed by atoms with Crippen LogP contribution in [0.15, 0.2) is 23.9 Å². The first-order chi connectivity index (χ1) is 9.15. The van der Waals surface area contributed by atoms with Crippen LogP contribution >= 0.6 is 0 Å². The number of fused-ring (bicyclic) bond motifs is 2. The molecule has 0 aromatic rings. The normalized spacial score (nSPS) is 28.9. The van der Waals surface area contributed by atoms with Crippen LogP contribution in [0.3, 0.4) is 0 Å². The van der Waals surface area contributed by atoms with Crippen molar-refractivity contribution in [2.75, 3.05) is 19.7 Å². The smallest absolute Gasteiger partial charge is 0.354 e. The van der Waals surface area contributed by atoms with Crippen LogP contribution in [0.1, 0.15) is 26.2 Å². The molecule has 1 aliphatic carbocycles. The van der Waals surface area contributed by atoms with E-state index in [-0.39, 0.29) is 12.5 Å². The Bertz CT molecular complexity index is 448.